The molecule has 25 heavy (non-hydrogen) atoms. The van der Waals surface area contributed by atoms with Gasteiger partial charge >= 0.3 is 0 Å². The molecule has 1 heterocycles. The number of benzene rings is 2. The van der Waals surface area contributed by atoms with E-state index in [0.717, 1.165) is 30.5 Å². The number of nitrogens with zero attached hydrogens (tertiary/aromatic N) is 1. The fourth-order valence-corrected chi connectivity index (χ4v) is 3.49. The van der Waals surface area contributed by atoms with Crippen LogP contribution in [-0.2, 0) is 4.79 Å². The van der Waals surface area contributed by atoms with Gasteiger partial charge in [0.15, 0.2) is 0 Å². The van der Waals surface area contributed by atoms with Crippen molar-refractivity contribution in [2.75, 3.05) is 13.1 Å². The summed E-state index contributed by atoms with van der Waals surface area (Å²) in [6.07, 6.45) is 2.83. The van der Waals surface area contributed by atoms with Gasteiger partial charge in [-0.1, -0.05) is 42.5 Å². The Morgan fingerprint density at radius 1 is 1.04 bits per heavy atom. The summed E-state index contributed by atoms with van der Waals surface area (Å²) in [4.78, 5) is 26.5. The monoisotopic (exact) mass is 334 g/mol. The number of carbonyl (C=O) groups is 2. The quantitative estimate of drug-likeness (QED) is 0.913. The first-order valence-corrected chi connectivity index (χ1v) is 8.94. The second-order valence-corrected chi connectivity index (χ2v) is 7.00. The summed E-state index contributed by atoms with van der Waals surface area (Å²) in [6.45, 7) is 1.34. The molecule has 4 heteroatoms. The molecule has 1 saturated heterocycles. The van der Waals surface area contributed by atoms with Gasteiger partial charge in [-0.15, -0.1) is 0 Å². The molecule has 1 atom stereocenters. The van der Waals surface area contributed by atoms with Crippen molar-refractivity contribution in [2.45, 2.75) is 25.3 Å². The maximum absolute atomic E-state index is 12.5. The smallest absolute Gasteiger partial charge is 0.251 e. The Morgan fingerprint density at radius 2 is 1.80 bits per heavy atom. The Balaban J connectivity index is 1.38. The van der Waals surface area contributed by atoms with Crippen molar-refractivity contribution in [1.82, 2.24) is 10.2 Å². The summed E-state index contributed by atoms with van der Waals surface area (Å²) < 4.78 is 0. The third-order valence-electron chi connectivity index (χ3n) is 5.01. The van der Waals surface area contributed by atoms with Gasteiger partial charge in [0.05, 0.1) is 0 Å². The number of amides is 2. The second kappa shape index (κ2) is 6.71. The largest absolute Gasteiger partial charge is 0.352 e. The van der Waals surface area contributed by atoms with Gasteiger partial charge in [-0.2, -0.15) is 0 Å². The minimum Gasteiger partial charge on any atom is -0.352 e. The topological polar surface area (TPSA) is 49.4 Å². The molecule has 1 aliphatic heterocycles. The molecule has 0 spiro atoms. The first kappa shape index (κ1) is 15.9. The Bertz CT molecular complexity index is 783. The van der Waals surface area contributed by atoms with Crippen LogP contribution in [0.25, 0.3) is 11.1 Å². The van der Waals surface area contributed by atoms with E-state index in [-0.39, 0.29) is 17.7 Å². The predicted octanol–water partition coefficient (Wildman–Crippen LogP) is 3.09. The molecule has 0 radical (unpaired) electrons. The molecular weight excluding hydrogens is 312 g/mol. The fraction of sp³-hybridized carbons (Fsp3) is 0.333. The molecule has 1 unspecified atom stereocenters. The molecule has 1 aliphatic carbocycles. The highest BCUT2D eigenvalue weighted by molar-refractivity contribution is 5.95. The molecule has 2 aliphatic rings. The molecule has 4 nitrogen and oxygen atoms in total. The number of carbonyl (C=O) groups excluding carboxylic acids is 2. The lowest BCUT2D eigenvalue weighted by Crippen LogP contribution is -2.32. The first-order valence-electron chi connectivity index (χ1n) is 8.94. The van der Waals surface area contributed by atoms with Gasteiger partial charge in [0.2, 0.25) is 5.91 Å². The fourth-order valence-electron chi connectivity index (χ4n) is 3.49. The number of hydrogen-bond donors (Lipinski definition) is 1. The Hall–Kier alpha value is -2.62. The SMILES string of the molecule is O=C(NCC1CC(=O)N(C2CC2)C1)c1cccc(-c2ccccc2)c1. The van der Waals surface area contributed by atoms with E-state index in [2.05, 4.69) is 5.32 Å². The van der Waals surface area contributed by atoms with E-state index in [1.807, 2.05) is 59.5 Å². The Kier molecular flexibility index (Phi) is 4.26. The summed E-state index contributed by atoms with van der Waals surface area (Å²) >= 11 is 0. The van der Waals surface area contributed by atoms with Crippen LogP contribution in [0.5, 0.6) is 0 Å². The molecule has 4 rings (SSSR count). The van der Waals surface area contributed by atoms with Crippen molar-refractivity contribution < 1.29 is 9.59 Å². The summed E-state index contributed by atoms with van der Waals surface area (Å²) in [7, 11) is 0. The summed E-state index contributed by atoms with van der Waals surface area (Å²) in [6, 6.07) is 18.2. The van der Waals surface area contributed by atoms with Crippen LogP contribution in [0.4, 0.5) is 0 Å². The van der Waals surface area contributed by atoms with Crippen LogP contribution in [0.3, 0.4) is 0 Å². The van der Waals surface area contributed by atoms with Gasteiger partial charge in [-0.05, 0) is 36.1 Å². The maximum Gasteiger partial charge on any atom is 0.251 e. The average Bonchev–Trinajstić information content (AvgIpc) is 3.43. The normalized spacial score (nSPS) is 19.9. The van der Waals surface area contributed by atoms with Crippen LogP contribution >= 0.6 is 0 Å². The lowest BCUT2D eigenvalue weighted by molar-refractivity contribution is -0.128. The lowest BCUT2D eigenvalue weighted by atomic mass is 10.0. The van der Waals surface area contributed by atoms with Crippen molar-refractivity contribution in [3.8, 4) is 11.1 Å². The van der Waals surface area contributed by atoms with Crippen molar-refractivity contribution in [2.24, 2.45) is 5.92 Å². The van der Waals surface area contributed by atoms with E-state index < -0.39 is 0 Å². The zero-order chi connectivity index (χ0) is 17.2. The van der Waals surface area contributed by atoms with E-state index in [1.165, 1.54) is 0 Å². The van der Waals surface area contributed by atoms with Crippen molar-refractivity contribution in [3.63, 3.8) is 0 Å². The maximum atomic E-state index is 12.5. The van der Waals surface area contributed by atoms with Gasteiger partial charge in [-0.3, -0.25) is 9.59 Å². The van der Waals surface area contributed by atoms with Crippen LogP contribution in [-0.4, -0.2) is 35.8 Å². The Labute approximate surface area is 147 Å². The number of rotatable bonds is 5. The molecule has 1 saturated carbocycles. The van der Waals surface area contributed by atoms with E-state index in [4.69, 9.17) is 0 Å². The van der Waals surface area contributed by atoms with Crippen LogP contribution in [0.1, 0.15) is 29.6 Å². The molecule has 2 fully saturated rings. The molecule has 0 bridgehead atoms. The van der Waals surface area contributed by atoms with E-state index in [1.54, 1.807) is 0 Å². The minimum atomic E-state index is -0.0740. The van der Waals surface area contributed by atoms with Gasteiger partial charge in [0.25, 0.3) is 5.91 Å². The van der Waals surface area contributed by atoms with Crippen LogP contribution in [0.15, 0.2) is 54.6 Å². The zero-order valence-corrected chi connectivity index (χ0v) is 14.2. The summed E-state index contributed by atoms with van der Waals surface area (Å²) in [5.74, 6) is 0.400. The predicted molar refractivity (Wildman–Crippen MR) is 97.1 cm³/mol. The Morgan fingerprint density at radius 3 is 2.56 bits per heavy atom. The summed E-state index contributed by atoms with van der Waals surface area (Å²) in [5.41, 5.74) is 2.78. The molecule has 128 valence electrons. The molecule has 2 aromatic rings. The minimum absolute atomic E-state index is 0.0740. The number of likely N-dealkylation sites (tertiary alicyclic amines) is 1. The van der Waals surface area contributed by atoms with E-state index >= 15 is 0 Å². The first-order chi connectivity index (χ1) is 12.2. The van der Waals surface area contributed by atoms with E-state index in [9.17, 15) is 9.59 Å². The van der Waals surface area contributed by atoms with Gasteiger partial charge in [0.1, 0.15) is 0 Å². The van der Waals surface area contributed by atoms with Crippen LogP contribution in [0.2, 0.25) is 0 Å². The third-order valence-corrected chi connectivity index (χ3v) is 5.01. The zero-order valence-electron chi connectivity index (χ0n) is 14.2. The highest BCUT2D eigenvalue weighted by atomic mass is 16.2. The van der Waals surface area contributed by atoms with Crippen molar-refractivity contribution in [1.29, 1.82) is 0 Å². The van der Waals surface area contributed by atoms with Crippen LogP contribution in [0, 0.1) is 5.92 Å². The highest BCUT2D eigenvalue weighted by Gasteiger charge is 2.39. The van der Waals surface area contributed by atoms with Gasteiger partial charge in [0, 0.05) is 37.0 Å². The van der Waals surface area contributed by atoms with Crippen molar-refractivity contribution >= 4 is 11.8 Å². The van der Waals surface area contributed by atoms with Crippen molar-refractivity contribution in [3.05, 3.63) is 60.2 Å². The number of hydrogen-bond acceptors (Lipinski definition) is 2. The molecule has 2 amide bonds. The second-order valence-electron chi connectivity index (χ2n) is 7.00. The summed E-state index contributed by atoms with van der Waals surface area (Å²) in [5, 5.41) is 3.00. The molecule has 0 aromatic heterocycles. The lowest BCUT2D eigenvalue weighted by Gasteiger charge is -2.15. The molecule has 1 N–H and O–H groups in total. The van der Waals surface area contributed by atoms with Crippen LogP contribution < -0.4 is 5.32 Å². The van der Waals surface area contributed by atoms with Gasteiger partial charge in [-0.25, -0.2) is 0 Å². The molecule has 2 aromatic carbocycles. The molecular formula is C21H22N2O2. The third kappa shape index (κ3) is 3.58. The highest BCUT2D eigenvalue weighted by Crippen LogP contribution is 2.32. The number of nitrogens with one attached hydrogen (secondary N) is 1. The standard InChI is InChI=1S/C21H22N2O2/c24-20-11-15(14-23(20)19-9-10-19)13-22-21(25)18-8-4-7-17(12-18)16-5-2-1-3-6-16/h1-8,12,15,19H,9-11,13-14H2,(H,22,25). The van der Waals surface area contributed by atoms with E-state index in [0.29, 0.717) is 24.6 Å². The average molecular weight is 334 g/mol. The van der Waals surface area contributed by atoms with Gasteiger partial charge < -0.3 is 10.2 Å².